The zero-order valence-corrected chi connectivity index (χ0v) is 28.4. The molecule has 0 amide bonds. The quantitative estimate of drug-likeness (QED) is 0.179. The number of para-hydroxylation sites is 1. The van der Waals surface area contributed by atoms with Crippen molar-refractivity contribution in [2.75, 3.05) is 11.9 Å². The van der Waals surface area contributed by atoms with Crippen LogP contribution in [0, 0.1) is 0 Å². The first kappa shape index (κ1) is 28.8. The first-order chi connectivity index (χ1) is 24.7. The van der Waals surface area contributed by atoms with Crippen molar-refractivity contribution in [1.29, 1.82) is 0 Å². The van der Waals surface area contributed by atoms with E-state index in [1.165, 1.54) is 80.7 Å². The Hall–Kier alpha value is -6.16. The Labute approximate surface area is 294 Å². The van der Waals surface area contributed by atoms with Gasteiger partial charge in [-0.05, 0) is 94.4 Å². The number of thiophene rings is 1. The van der Waals surface area contributed by atoms with Crippen molar-refractivity contribution in [3.63, 3.8) is 0 Å². The lowest BCUT2D eigenvalue weighted by Crippen LogP contribution is -2.08. The molecule has 0 bridgehead atoms. The molecule has 0 saturated heterocycles. The maximum Gasteiger partial charge on any atom is 0.0541 e. The molecule has 0 atom stereocenters. The van der Waals surface area contributed by atoms with Crippen LogP contribution < -0.4 is 4.90 Å². The van der Waals surface area contributed by atoms with Crippen LogP contribution in [0.25, 0.3) is 80.7 Å². The maximum atomic E-state index is 2.42. The molecule has 0 aliphatic heterocycles. The van der Waals surface area contributed by atoms with Crippen molar-refractivity contribution in [2.45, 2.75) is 0 Å². The second kappa shape index (κ2) is 11.5. The molecule has 0 fully saturated rings. The Morgan fingerprint density at radius 1 is 0.400 bits per heavy atom. The monoisotopic (exact) mass is 656 g/mol. The number of benzene rings is 8. The van der Waals surface area contributed by atoms with Gasteiger partial charge in [0.25, 0.3) is 0 Å². The van der Waals surface area contributed by atoms with Gasteiger partial charge in [-0.1, -0.05) is 109 Å². The van der Waals surface area contributed by atoms with Gasteiger partial charge in [0.2, 0.25) is 0 Å². The molecule has 2 nitrogen and oxygen atoms in total. The summed E-state index contributed by atoms with van der Waals surface area (Å²) >= 11 is 1.86. The van der Waals surface area contributed by atoms with Crippen LogP contribution >= 0.6 is 11.3 Å². The van der Waals surface area contributed by atoms with Crippen molar-refractivity contribution < 1.29 is 0 Å². The van der Waals surface area contributed by atoms with Crippen LogP contribution in [-0.2, 0) is 0 Å². The highest BCUT2D eigenvalue weighted by molar-refractivity contribution is 7.25. The number of anilines is 2. The molecule has 0 saturated carbocycles. The predicted molar refractivity (Wildman–Crippen MR) is 217 cm³/mol. The molecule has 10 rings (SSSR count). The fourth-order valence-corrected chi connectivity index (χ4v) is 8.71. The highest BCUT2D eigenvalue weighted by atomic mass is 32.1. The highest BCUT2D eigenvalue weighted by Gasteiger charge is 2.15. The fraction of sp³-hybridized carbons (Fsp3) is 0.0213. The van der Waals surface area contributed by atoms with Crippen LogP contribution in [0.15, 0.2) is 176 Å². The van der Waals surface area contributed by atoms with Crippen LogP contribution in [0.3, 0.4) is 0 Å². The molecule has 0 N–H and O–H groups in total. The summed E-state index contributed by atoms with van der Waals surface area (Å²) in [6, 6.07) is 64.3. The van der Waals surface area contributed by atoms with E-state index in [0.29, 0.717) is 0 Å². The molecule has 3 heteroatoms. The Kier molecular flexibility index (Phi) is 6.61. The third-order valence-electron chi connectivity index (χ3n) is 10.2. The minimum atomic E-state index is 1.15. The maximum absolute atomic E-state index is 2.42. The van der Waals surface area contributed by atoms with Crippen molar-refractivity contribution >= 4 is 75.5 Å². The standard InChI is InChI=1S/C47H32N2S/c1-48(37-25-19-32(20-26-37)35-22-28-47-42(30-35)40-13-5-7-16-46(40)50-47)36-23-17-31(18-24-36)34-21-27-45-41(29-34)39-12-4-6-14-44(39)49(45)43-15-8-10-33-9-2-3-11-38(33)43/h2-30H,1H3. The largest absolute Gasteiger partial charge is 0.345 e. The van der Waals surface area contributed by atoms with Crippen LogP contribution in [0.4, 0.5) is 11.4 Å². The number of nitrogens with zero attached hydrogens (tertiary/aromatic N) is 2. The smallest absolute Gasteiger partial charge is 0.0541 e. The van der Waals surface area contributed by atoms with Gasteiger partial charge in [0.15, 0.2) is 0 Å². The molecule has 0 unspecified atom stereocenters. The Balaban J connectivity index is 0.955. The molecule has 10 aromatic rings. The van der Waals surface area contributed by atoms with Gasteiger partial charge in [-0.2, -0.15) is 0 Å². The molecule has 0 aliphatic carbocycles. The van der Waals surface area contributed by atoms with E-state index in [-0.39, 0.29) is 0 Å². The minimum Gasteiger partial charge on any atom is -0.345 e. The normalized spacial score (nSPS) is 11.7. The zero-order chi connectivity index (χ0) is 33.2. The van der Waals surface area contributed by atoms with Crippen molar-refractivity contribution in [1.82, 2.24) is 4.57 Å². The molecular formula is C47H32N2S. The second-order valence-corrected chi connectivity index (χ2v) is 14.1. The molecule has 50 heavy (non-hydrogen) atoms. The lowest BCUT2D eigenvalue weighted by Gasteiger charge is -2.20. The first-order valence-corrected chi connectivity index (χ1v) is 17.9. The summed E-state index contributed by atoms with van der Waals surface area (Å²) in [4.78, 5) is 2.25. The van der Waals surface area contributed by atoms with E-state index in [0.717, 1.165) is 11.4 Å². The Morgan fingerprint density at radius 2 is 0.940 bits per heavy atom. The van der Waals surface area contributed by atoms with Gasteiger partial charge in [-0.3, -0.25) is 0 Å². The van der Waals surface area contributed by atoms with E-state index >= 15 is 0 Å². The third-order valence-corrected chi connectivity index (χ3v) is 11.4. The summed E-state index contributed by atoms with van der Waals surface area (Å²) in [7, 11) is 2.14. The summed E-state index contributed by atoms with van der Waals surface area (Å²) in [6.45, 7) is 0. The van der Waals surface area contributed by atoms with E-state index in [9.17, 15) is 0 Å². The minimum absolute atomic E-state index is 1.15. The van der Waals surface area contributed by atoms with Crippen LogP contribution in [0.5, 0.6) is 0 Å². The number of aromatic nitrogens is 1. The van der Waals surface area contributed by atoms with Gasteiger partial charge in [0, 0.05) is 54.8 Å². The molecule has 236 valence electrons. The van der Waals surface area contributed by atoms with Crippen molar-refractivity contribution in [3.8, 4) is 27.9 Å². The van der Waals surface area contributed by atoms with E-state index < -0.39 is 0 Å². The van der Waals surface area contributed by atoms with E-state index in [4.69, 9.17) is 0 Å². The average molecular weight is 657 g/mol. The zero-order valence-electron chi connectivity index (χ0n) is 27.5. The summed E-state index contributed by atoms with van der Waals surface area (Å²) in [6.07, 6.45) is 0. The molecule has 0 aliphatic rings. The van der Waals surface area contributed by atoms with Crippen LogP contribution in [0.1, 0.15) is 0 Å². The summed E-state index contributed by atoms with van der Waals surface area (Å²) in [5.41, 5.74) is 10.9. The fourth-order valence-electron chi connectivity index (χ4n) is 7.62. The summed E-state index contributed by atoms with van der Waals surface area (Å²) in [5, 5.41) is 7.70. The molecule has 2 aromatic heterocycles. The topological polar surface area (TPSA) is 8.17 Å². The van der Waals surface area contributed by atoms with Gasteiger partial charge >= 0.3 is 0 Å². The number of hydrogen-bond acceptors (Lipinski definition) is 2. The van der Waals surface area contributed by atoms with Crippen molar-refractivity contribution in [2.24, 2.45) is 0 Å². The summed E-state index contributed by atoms with van der Waals surface area (Å²) in [5.74, 6) is 0. The van der Waals surface area contributed by atoms with Crippen molar-refractivity contribution in [3.05, 3.63) is 176 Å². The van der Waals surface area contributed by atoms with Crippen LogP contribution in [0.2, 0.25) is 0 Å². The number of hydrogen-bond donors (Lipinski definition) is 0. The van der Waals surface area contributed by atoms with Gasteiger partial charge in [-0.25, -0.2) is 0 Å². The highest BCUT2D eigenvalue weighted by Crippen LogP contribution is 2.39. The average Bonchev–Trinajstić information content (AvgIpc) is 3.72. The summed E-state index contributed by atoms with van der Waals surface area (Å²) < 4.78 is 5.10. The van der Waals surface area contributed by atoms with Crippen LogP contribution in [-0.4, -0.2) is 11.6 Å². The SMILES string of the molecule is CN(c1ccc(-c2ccc3sc4ccccc4c3c2)cc1)c1ccc(-c2ccc3c(c2)c2ccccc2n3-c2cccc3ccccc23)cc1. The number of fused-ring (bicyclic) bond motifs is 7. The lowest BCUT2D eigenvalue weighted by molar-refractivity contribution is 1.20. The van der Waals surface area contributed by atoms with E-state index in [1.54, 1.807) is 0 Å². The lowest BCUT2D eigenvalue weighted by atomic mass is 10.0. The Morgan fingerprint density at radius 3 is 1.70 bits per heavy atom. The molecule has 0 radical (unpaired) electrons. The van der Waals surface area contributed by atoms with Gasteiger partial charge in [0.1, 0.15) is 0 Å². The van der Waals surface area contributed by atoms with Gasteiger partial charge < -0.3 is 9.47 Å². The van der Waals surface area contributed by atoms with E-state index in [1.807, 2.05) is 11.3 Å². The number of rotatable bonds is 5. The van der Waals surface area contributed by atoms with Gasteiger partial charge in [-0.15, -0.1) is 11.3 Å². The molecule has 2 heterocycles. The Bertz CT molecular complexity index is 2870. The molecular weight excluding hydrogens is 625 g/mol. The van der Waals surface area contributed by atoms with E-state index in [2.05, 4.69) is 192 Å². The van der Waals surface area contributed by atoms with Gasteiger partial charge in [0.05, 0.1) is 16.7 Å². The molecule has 0 spiro atoms. The second-order valence-electron chi connectivity index (χ2n) is 13.0. The first-order valence-electron chi connectivity index (χ1n) is 17.1. The third kappa shape index (κ3) is 4.62. The molecule has 8 aromatic carbocycles. The predicted octanol–water partition coefficient (Wildman–Crippen LogP) is 13.4.